The summed E-state index contributed by atoms with van der Waals surface area (Å²) in [4.78, 5) is 16.0. The molecule has 0 saturated heterocycles. The van der Waals surface area contributed by atoms with E-state index in [4.69, 9.17) is 5.73 Å². The molecule has 2 heterocycles. The van der Waals surface area contributed by atoms with Crippen molar-refractivity contribution in [3.8, 4) is 0 Å². The molecule has 0 aliphatic heterocycles. The fraction of sp³-hybridized carbons (Fsp3) is 0.400. The van der Waals surface area contributed by atoms with Gasteiger partial charge < -0.3 is 11.1 Å². The molecule has 0 bridgehead atoms. The van der Waals surface area contributed by atoms with E-state index < -0.39 is 6.04 Å². The third-order valence-corrected chi connectivity index (χ3v) is 3.55. The van der Waals surface area contributed by atoms with Gasteiger partial charge in [0.25, 0.3) is 0 Å². The fourth-order valence-corrected chi connectivity index (χ4v) is 1.93. The minimum Gasteiger partial charge on any atom is -0.322 e. The summed E-state index contributed by atoms with van der Waals surface area (Å²) in [6.45, 7) is 4.62. The number of aromatic nitrogens is 3. The third-order valence-electron chi connectivity index (χ3n) is 3.55. The first-order chi connectivity index (χ1) is 10.1. The topological polar surface area (TPSA) is 85.8 Å². The molecule has 3 N–H and O–H groups in total. The molecule has 2 atom stereocenters. The maximum atomic E-state index is 12.0. The van der Waals surface area contributed by atoms with Crippen LogP contribution in [0.15, 0.2) is 36.9 Å². The zero-order valence-electron chi connectivity index (χ0n) is 12.4. The zero-order chi connectivity index (χ0) is 15.2. The van der Waals surface area contributed by atoms with Crippen LogP contribution in [0, 0.1) is 5.92 Å². The Morgan fingerprint density at radius 3 is 2.81 bits per heavy atom. The Morgan fingerprint density at radius 2 is 2.14 bits per heavy atom. The molecule has 0 fully saturated rings. The Bertz CT molecular complexity index is 581. The summed E-state index contributed by atoms with van der Waals surface area (Å²) in [7, 11) is 0. The average Bonchev–Trinajstić information content (AvgIpc) is 2.93. The Kier molecular flexibility index (Phi) is 5.05. The average molecular weight is 287 g/mol. The van der Waals surface area contributed by atoms with Crippen LogP contribution in [-0.2, 0) is 11.3 Å². The quantitative estimate of drug-likeness (QED) is 0.845. The number of hydrogen-bond donors (Lipinski definition) is 2. The van der Waals surface area contributed by atoms with Crippen molar-refractivity contribution in [3.05, 3.63) is 42.5 Å². The number of hydrogen-bond acceptors (Lipinski definition) is 4. The fourth-order valence-electron chi connectivity index (χ4n) is 1.93. The van der Waals surface area contributed by atoms with E-state index in [9.17, 15) is 4.79 Å². The molecular formula is C15H21N5O. The van der Waals surface area contributed by atoms with E-state index >= 15 is 0 Å². The van der Waals surface area contributed by atoms with Crippen LogP contribution >= 0.6 is 0 Å². The maximum absolute atomic E-state index is 12.0. The Morgan fingerprint density at radius 1 is 1.43 bits per heavy atom. The highest BCUT2D eigenvalue weighted by molar-refractivity contribution is 5.94. The van der Waals surface area contributed by atoms with Crippen molar-refractivity contribution in [2.75, 3.05) is 5.32 Å². The highest BCUT2D eigenvalue weighted by atomic mass is 16.2. The molecular weight excluding hydrogens is 266 g/mol. The number of carbonyl (C=O) groups excluding carboxylic acids is 1. The minimum absolute atomic E-state index is 0.150. The number of pyridine rings is 1. The highest BCUT2D eigenvalue weighted by Gasteiger charge is 2.19. The summed E-state index contributed by atoms with van der Waals surface area (Å²) < 4.78 is 1.76. The lowest BCUT2D eigenvalue weighted by Crippen LogP contribution is -2.40. The standard InChI is InChI=1S/C15H21N5O/c1-3-11(2)14(16)15(21)19-13-8-18-20(10-13)9-12-4-6-17-7-5-12/h4-8,10-11,14H,3,9,16H2,1-2H3,(H,19,21). The van der Waals surface area contributed by atoms with Gasteiger partial charge in [-0.25, -0.2) is 0 Å². The van der Waals surface area contributed by atoms with E-state index in [1.54, 1.807) is 29.5 Å². The summed E-state index contributed by atoms with van der Waals surface area (Å²) in [5, 5.41) is 7.03. The Hall–Kier alpha value is -2.21. The predicted molar refractivity (Wildman–Crippen MR) is 81.6 cm³/mol. The van der Waals surface area contributed by atoms with Gasteiger partial charge in [-0.2, -0.15) is 5.10 Å². The SMILES string of the molecule is CCC(C)C(N)C(=O)Nc1cnn(Cc2ccncc2)c1. The molecule has 0 saturated carbocycles. The molecule has 6 heteroatoms. The van der Waals surface area contributed by atoms with E-state index in [-0.39, 0.29) is 11.8 Å². The van der Waals surface area contributed by atoms with Crippen LogP contribution in [0.5, 0.6) is 0 Å². The largest absolute Gasteiger partial charge is 0.322 e. The summed E-state index contributed by atoms with van der Waals surface area (Å²) in [6.07, 6.45) is 7.78. The van der Waals surface area contributed by atoms with E-state index in [1.165, 1.54) is 0 Å². The van der Waals surface area contributed by atoms with E-state index in [2.05, 4.69) is 15.4 Å². The van der Waals surface area contributed by atoms with Crippen molar-refractivity contribution in [3.63, 3.8) is 0 Å². The van der Waals surface area contributed by atoms with Crippen LogP contribution in [0.1, 0.15) is 25.8 Å². The lowest BCUT2D eigenvalue weighted by Gasteiger charge is -2.16. The van der Waals surface area contributed by atoms with Crippen LogP contribution in [0.25, 0.3) is 0 Å². The van der Waals surface area contributed by atoms with E-state index in [1.807, 2.05) is 26.0 Å². The second-order valence-electron chi connectivity index (χ2n) is 5.18. The minimum atomic E-state index is -0.501. The Balaban J connectivity index is 1.96. The van der Waals surface area contributed by atoms with Crippen LogP contribution in [0.2, 0.25) is 0 Å². The van der Waals surface area contributed by atoms with E-state index in [0.717, 1.165) is 12.0 Å². The normalized spacial score (nSPS) is 13.7. The van der Waals surface area contributed by atoms with Gasteiger partial charge >= 0.3 is 0 Å². The molecule has 0 aliphatic carbocycles. The molecule has 0 radical (unpaired) electrons. The number of rotatable bonds is 6. The molecule has 0 aliphatic rings. The third kappa shape index (κ3) is 4.13. The van der Waals surface area contributed by atoms with Crippen LogP contribution < -0.4 is 11.1 Å². The Labute approximate surface area is 124 Å². The number of nitrogens with two attached hydrogens (primary N) is 1. The van der Waals surface area contributed by atoms with Crippen LogP contribution in [0.3, 0.4) is 0 Å². The van der Waals surface area contributed by atoms with Gasteiger partial charge in [0.2, 0.25) is 5.91 Å². The van der Waals surface area contributed by atoms with Gasteiger partial charge in [0.1, 0.15) is 0 Å². The van der Waals surface area contributed by atoms with Gasteiger partial charge in [0.15, 0.2) is 0 Å². The molecule has 112 valence electrons. The number of nitrogens with one attached hydrogen (secondary N) is 1. The summed E-state index contributed by atoms with van der Waals surface area (Å²) in [5.41, 5.74) is 7.66. The molecule has 2 aromatic heterocycles. The van der Waals surface area contributed by atoms with Gasteiger partial charge in [-0.15, -0.1) is 0 Å². The smallest absolute Gasteiger partial charge is 0.241 e. The van der Waals surface area contributed by atoms with Crippen molar-refractivity contribution >= 4 is 11.6 Å². The first-order valence-corrected chi connectivity index (χ1v) is 7.08. The number of nitrogens with zero attached hydrogens (tertiary/aromatic N) is 3. The molecule has 1 amide bonds. The van der Waals surface area contributed by atoms with Crippen molar-refractivity contribution in [2.24, 2.45) is 11.7 Å². The van der Waals surface area contributed by atoms with Crippen molar-refractivity contribution in [2.45, 2.75) is 32.9 Å². The number of anilines is 1. The molecule has 0 spiro atoms. The van der Waals surface area contributed by atoms with Crippen molar-refractivity contribution in [1.29, 1.82) is 0 Å². The first-order valence-electron chi connectivity index (χ1n) is 7.08. The highest BCUT2D eigenvalue weighted by Crippen LogP contribution is 2.11. The zero-order valence-corrected chi connectivity index (χ0v) is 12.4. The molecule has 0 aromatic carbocycles. The summed E-state index contributed by atoms with van der Waals surface area (Å²) in [6, 6.07) is 3.36. The summed E-state index contributed by atoms with van der Waals surface area (Å²) >= 11 is 0. The molecule has 2 rings (SSSR count). The lowest BCUT2D eigenvalue weighted by atomic mass is 9.99. The first kappa shape index (κ1) is 15.2. The van der Waals surface area contributed by atoms with Crippen LogP contribution in [-0.4, -0.2) is 26.7 Å². The monoisotopic (exact) mass is 287 g/mol. The molecule has 21 heavy (non-hydrogen) atoms. The van der Waals surface area contributed by atoms with Gasteiger partial charge in [0.05, 0.1) is 24.5 Å². The number of carbonyl (C=O) groups is 1. The van der Waals surface area contributed by atoms with E-state index in [0.29, 0.717) is 12.2 Å². The molecule has 6 nitrogen and oxygen atoms in total. The second-order valence-corrected chi connectivity index (χ2v) is 5.18. The van der Waals surface area contributed by atoms with Gasteiger partial charge in [-0.3, -0.25) is 14.5 Å². The van der Waals surface area contributed by atoms with Crippen molar-refractivity contribution in [1.82, 2.24) is 14.8 Å². The van der Waals surface area contributed by atoms with Crippen LogP contribution in [0.4, 0.5) is 5.69 Å². The maximum Gasteiger partial charge on any atom is 0.241 e. The molecule has 2 unspecified atom stereocenters. The van der Waals surface area contributed by atoms with Gasteiger partial charge in [-0.1, -0.05) is 20.3 Å². The lowest BCUT2D eigenvalue weighted by molar-refractivity contribution is -0.118. The molecule has 2 aromatic rings. The summed E-state index contributed by atoms with van der Waals surface area (Å²) in [5.74, 6) is -0.0234. The number of amides is 1. The predicted octanol–water partition coefficient (Wildman–Crippen LogP) is 1.64. The van der Waals surface area contributed by atoms with Crippen molar-refractivity contribution < 1.29 is 4.79 Å². The second kappa shape index (κ2) is 6.99. The van der Waals surface area contributed by atoms with Gasteiger partial charge in [-0.05, 0) is 23.6 Å². The van der Waals surface area contributed by atoms with Gasteiger partial charge in [0, 0.05) is 18.6 Å².